The van der Waals surface area contributed by atoms with Crippen LogP contribution in [-0.2, 0) is 10.2 Å². The van der Waals surface area contributed by atoms with Gasteiger partial charge in [-0.3, -0.25) is 4.79 Å². The van der Waals surface area contributed by atoms with E-state index in [4.69, 9.17) is 23.2 Å². The van der Waals surface area contributed by atoms with E-state index in [0.717, 1.165) is 11.1 Å². The zero-order chi connectivity index (χ0) is 14.3. The molecule has 0 aliphatic carbocycles. The molecule has 2 aromatic rings. The molecule has 0 spiro atoms. The average Bonchev–Trinajstić information content (AvgIpc) is 2.91. The summed E-state index contributed by atoms with van der Waals surface area (Å²) in [5.41, 5.74) is 1.65. The van der Waals surface area contributed by atoms with Crippen LogP contribution >= 0.6 is 34.5 Å². The molecule has 1 amide bonds. The van der Waals surface area contributed by atoms with Crippen molar-refractivity contribution in [2.45, 2.75) is 24.8 Å². The fraction of sp³-hybridized carbons (Fsp3) is 0.267. The molecule has 1 aliphatic rings. The van der Waals surface area contributed by atoms with E-state index in [9.17, 15) is 4.79 Å². The predicted octanol–water partition coefficient (Wildman–Crippen LogP) is 4.57. The van der Waals surface area contributed by atoms with Crippen LogP contribution in [0.15, 0.2) is 36.4 Å². The van der Waals surface area contributed by atoms with E-state index in [1.807, 2.05) is 36.4 Å². The molecule has 1 fully saturated rings. The first-order valence-electron chi connectivity index (χ1n) is 6.30. The van der Waals surface area contributed by atoms with Crippen molar-refractivity contribution in [2.75, 3.05) is 0 Å². The number of halogens is 2. The Labute approximate surface area is 131 Å². The van der Waals surface area contributed by atoms with Gasteiger partial charge in [-0.25, -0.2) is 0 Å². The number of hydrogen-bond donors (Lipinski definition) is 1. The van der Waals surface area contributed by atoms with E-state index in [1.165, 1.54) is 11.3 Å². The summed E-state index contributed by atoms with van der Waals surface area (Å²) in [6.07, 6.45) is 0.416. The minimum atomic E-state index is -0.376. The third kappa shape index (κ3) is 2.24. The molecule has 104 valence electrons. The Morgan fingerprint density at radius 2 is 2.00 bits per heavy atom. The van der Waals surface area contributed by atoms with Crippen molar-refractivity contribution in [1.82, 2.24) is 5.32 Å². The van der Waals surface area contributed by atoms with Crippen molar-refractivity contribution in [3.05, 3.63) is 56.2 Å². The second-order valence-corrected chi connectivity index (χ2v) is 7.53. The molecule has 0 bridgehead atoms. The van der Waals surface area contributed by atoms with Gasteiger partial charge >= 0.3 is 0 Å². The monoisotopic (exact) mass is 325 g/mol. The Bertz CT molecular complexity index is 655. The molecular formula is C15H13Cl2NOS. The van der Waals surface area contributed by atoms with Crippen molar-refractivity contribution < 1.29 is 4.79 Å². The molecule has 1 aliphatic heterocycles. The molecule has 0 radical (unpaired) electrons. The van der Waals surface area contributed by atoms with Gasteiger partial charge < -0.3 is 5.32 Å². The zero-order valence-corrected chi connectivity index (χ0v) is 13.1. The Hall–Kier alpha value is -1.03. The second kappa shape index (κ2) is 5.06. The minimum absolute atomic E-state index is 0.0414. The van der Waals surface area contributed by atoms with Crippen LogP contribution in [0.2, 0.25) is 8.67 Å². The Balaban J connectivity index is 2.10. The molecule has 3 rings (SSSR count). The van der Waals surface area contributed by atoms with Crippen molar-refractivity contribution in [2.24, 2.45) is 0 Å². The fourth-order valence-electron chi connectivity index (χ4n) is 2.88. The van der Waals surface area contributed by atoms with Crippen LogP contribution in [0.3, 0.4) is 0 Å². The lowest BCUT2D eigenvalue weighted by atomic mass is 9.75. The van der Waals surface area contributed by atoms with Crippen molar-refractivity contribution in [3.63, 3.8) is 0 Å². The SMILES string of the molecule is CC1(c2cc(Cl)sc2Cl)CC(=O)NC1c1ccccc1. The van der Waals surface area contributed by atoms with Gasteiger partial charge in [0.05, 0.1) is 14.7 Å². The second-order valence-electron chi connectivity index (χ2n) is 5.24. The third-order valence-electron chi connectivity index (χ3n) is 3.88. The van der Waals surface area contributed by atoms with E-state index in [-0.39, 0.29) is 17.4 Å². The number of amides is 1. The van der Waals surface area contributed by atoms with Crippen molar-refractivity contribution >= 4 is 40.4 Å². The summed E-state index contributed by atoms with van der Waals surface area (Å²) < 4.78 is 1.31. The lowest BCUT2D eigenvalue weighted by molar-refractivity contribution is -0.119. The molecule has 1 N–H and O–H groups in total. The van der Waals surface area contributed by atoms with Gasteiger partial charge in [0, 0.05) is 11.8 Å². The van der Waals surface area contributed by atoms with Gasteiger partial charge in [0.1, 0.15) is 0 Å². The fourth-order valence-corrected chi connectivity index (χ4v) is 4.61. The molecule has 0 saturated carbocycles. The first-order valence-corrected chi connectivity index (χ1v) is 7.87. The number of hydrogen-bond acceptors (Lipinski definition) is 2. The highest BCUT2D eigenvalue weighted by molar-refractivity contribution is 7.20. The molecule has 1 saturated heterocycles. The van der Waals surface area contributed by atoms with Crippen LogP contribution in [0.25, 0.3) is 0 Å². The molecule has 1 aromatic carbocycles. The molecule has 2 nitrogen and oxygen atoms in total. The largest absolute Gasteiger partial charge is 0.348 e. The van der Waals surface area contributed by atoms with Crippen LogP contribution in [0.4, 0.5) is 0 Å². The van der Waals surface area contributed by atoms with Crippen LogP contribution in [-0.4, -0.2) is 5.91 Å². The first-order chi connectivity index (χ1) is 9.50. The van der Waals surface area contributed by atoms with Crippen molar-refractivity contribution in [3.8, 4) is 0 Å². The van der Waals surface area contributed by atoms with E-state index in [2.05, 4.69) is 12.2 Å². The number of carbonyl (C=O) groups excluding carboxylic acids is 1. The van der Waals surface area contributed by atoms with Gasteiger partial charge in [-0.1, -0.05) is 60.5 Å². The Kier molecular flexibility index (Phi) is 3.53. The number of benzene rings is 1. The van der Waals surface area contributed by atoms with Gasteiger partial charge in [-0.2, -0.15) is 0 Å². The van der Waals surface area contributed by atoms with E-state index < -0.39 is 0 Å². The number of thiophene rings is 1. The maximum absolute atomic E-state index is 12.0. The average molecular weight is 326 g/mol. The Morgan fingerprint density at radius 3 is 2.60 bits per heavy atom. The maximum atomic E-state index is 12.0. The van der Waals surface area contributed by atoms with Crippen LogP contribution in [0, 0.1) is 0 Å². The summed E-state index contributed by atoms with van der Waals surface area (Å²) in [4.78, 5) is 12.0. The highest BCUT2D eigenvalue weighted by Crippen LogP contribution is 2.49. The predicted molar refractivity (Wildman–Crippen MR) is 83.6 cm³/mol. The summed E-state index contributed by atoms with van der Waals surface area (Å²) in [5, 5.41) is 3.06. The first kappa shape index (κ1) is 13.9. The standard InChI is InChI=1S/C15H13Cl2NOS/c1-15(10-7-11(16)20-14(10)17)8-12(19)18-13(15)9-5-3-2-4-6-9/h2-7,13H,8H2,1H3,(H,18,19). The summed E-state index contributed by atoms with van der Waals surface area (Å²) in [6, 6.07) is 11.8. The summed E-state index contributed by atoms with van der Waals surface area (Å²) in [6.45, 7) is 2.06. The van der Waals surface area contributed by atoms with Crippen LogP contribution < -0.4 is 5.32 Å². The number of carbonyl (C=O) groups is 1. The van der Waals surface area contributed by atoms with Gasteiger partial charge in [-0.05, 0) is 17.2 Å². The molecule has 2 unspecified atom stereocenters. The summed E-state index contributed by atoms with van der Waals surface area (Å²) >= 11 is 13.7. The van der Waals surface area contributed by atoms with Gasteiger partial charge in [0.15, 0.2) is 0 Å². The van der Waals surface area contributed by atoms with Crippen LogP contribution in [0.5, 0.6) is 0 Å². The lowest BCUT2D eigenvalue weighted by Crippen LogP contribution is -2.30. The highest BCUT2D eigenvalue weighted by atomic mass is 35.5. The molecule has 20 heavy (non-hydrogen) atoms. The van der Waals surface area contributed by atoms with E-state index in [1.54, 1.807) is 0 Å². The van der Waals surface area contributed by atoms with Gasteiger partial charge in [0.2, 0.25) is 5.91 Å². The topological polar surface area (TPSA) is 29.1 Å². The van der Waals surface area contributed by atoms with E-state index >= 15 is 0 Å². The molecular weight excluding hydrogens is 313 g/mol. The van der Waals surface area contributed by atoms with Gasteiger partial charge in [-0.15, -0.1) is 11.3 Å². The minimum Gasteiger partial charge on any atom is -0.348 e. The summed E-state index contributed by atoms with van der Waals surface area (Å²) in [7, 11) is 0. The van der Waals surface area contributed by atoms with E-state index in [0.29, 0.717) is 15.1 Å². The number of rotatable bonds is 2. The maximum Gasteiger partial charge on any atom is 0.221 e. The highest BCUT2D eigenvalue weighted by Gasteiger charge is 2.46. The zero-order valence-electron chi connectivity index (χ0n) is 10.8. The Morgan fingerprint density at radius 1 is 1.30 bits per heavy atom. The van der Waals surface area contributed by atoms with Gasteiger partial charge in [0.25, 0.3) is 0 Å². The molecule has 2 heterocycles. The smallest absolute Gasteiger partial charge is 0.221 e. The third-order valence-corrected chi connectivity index (χ3v) is 5.36. The van der Waals surface area contributed by atoms with Crippen molar-refractivity contribution in [1.29, 1.82) is 0 Å². The van der Waals surface area contributed by atoms with Crippen LogP contribution in [0.1, 0.15) is 30.5 Å². The normalized spacial score (nSPS) is 25.8. The molecule has 1 aromatic heterocycles. The summed E-state index contributed by atoms with van der Waals surface area (Å²) in [5.74, 6) is 0.0414. The molecule has 5 heteroatoms. The lowest BCUT2D eigenvalue weighted by Gasteiger charge is -2.30. The molecule has 2 atom stereocenters. The number of nitrogens with one attached hydrogen (secondary N) is 1. The quantitative estimate of drug-likeness (QED) is 0.860.